The van der Waals surface area contributed by atoms with E-state index in [1.54, 1.807) is 11.8 Å². The van der Waals surface area contributed by atoms with Gasteiger partial charge in [-0.1, -0.05) is 36.4 Å². The van der Waals surface area contributed by atoms with Crippen molar-refractivity contribution in [3.8, 4) is 0 Å². The second-order valence-corrected chi connectivity index (χ2v) is 5.86. The summed E-state index contributed by atoms with van der Waals surface area (Å²) in [6.45, 7) is 0. The lowest BCUT2D eigenvalue weighted by Gasteiger charge is -2.18. The molecule has 0 spiro atoms. The summed E-state index contributed by atoms with van der Waals surface area (Å²) in [5, 5.41) is 2.09. The first-order valence-corrected chi connectivity index (χ1v) is 7.56. The van der Waals surface area contributed by atoms with Crippen molar-refractivity contribution < 1.29 is 4.79 Å². The molecule has 1 fully saturated rings. The van der Waals surface area contributed by atoms with Gasteiger partial charge in [0, 0.05) is 16.1 Å². The van der Waals surface area contributed by atoms with E-state index in [0.717, 1.165) is 42.4 Å². The average molecular weight is 268 g/mol. The van der Waals surface area contributed by atoms with Crippen LogP contribution in [-0.4, -0.2) is 5.78 Å². The van der Waals surface area contributed by atoms with E-state index in [9.17, 15) is 4.79 Å². The maximum Gasteiger partial charge on any atom is 0.185 e. The van der Waals surface area contributed by atoms with Crippen molar-refractivity contribution in [2.45, 2.75) is 25.7 Å². The third-order valence-electron chi connectivity index (χ3n) is 3.53. The Morgan fingerprint density at radius 1 is 1.11 bits per heavy atom. The summed E-state index contributed by atoms with van der Waals surface area (Å²) >= 11 is 1.71. The van der Waals surface area contributed by atoms with Gasteiger partial charge in [0.2, 0.25) is 0 Å². The van der Waals surface area contributed by atoms with Crippen molar-refractivity contribution in [3.63, 3.8) is 0 Å². The molecular weight excluding hydrogens is 252 g/mol. The predicted octanol–water partition coefficient (Wildman–Crippen LogP) is 4.73. The van der Waals surface area contributed by atoms with E-state index in [-0.39, 0.29) is 5.78 Å². The molecule has 1 saturated carbocycles. The van der Waals surface area contributed by atoms with E-state index in [1.165, 1.54) is 4.91 Å². The summed E-state index contributed by atoms with van der Waals surface area (Å²) < 4.78 is 0. The SMILES string of the molecule is O=C1/C(=C2/CC=CS2)CCC/C1=C\c1ccccc1. The molecule has 1 aliphatic carbocycles. The zero-order chi connectivity index (χ0) is 13.1. The minimum atomic E-state index is 0.265. The minimum absolute atomic E-state index is 0.265. The molecule has 0 bridgehead atoms. The van der Waals surface area contributed by atoms with Gasteiger partial charge >= 0.3 is 0 Å². The van der Waals surface area contributed by atoms with Crippen LogP contribution in [0.5, 0.6) is 0 Å². The van der Waals surface area contributed by atoms with Gasteiger partial charge in [0.05, 0.1) is 0 Å². The number of Topliss-reactive ketones (excluding diaryl/α,β-unsaturated/α-hetero) is 1. The average Bonchev–Trinajstić information content (AvgIpc) is 2.96. The summed E-state index contributed by atoms with van der Waals surface area (Å²) in [5.41, 5.74) is 3.13. The number of carbonyl (C=O) groups excluding carboxylic acids is 1. The Labute approximate surface area is 118 Å². The maximum atomic E-state index is 12.5. The van der Waals surface area contributed by atoms with Crippen molar-refractivity contribution in [1.29, 1.82) is 0 Å². The highest BCUT2D eigenvalue weighted by atomic mass is 32.2. The smallest absolute Gasteiger partial charge is 0.185 e. The quantitative estimate of drug-likeness (QED) is 0.685. The number of hydrogen-bond acceptors (Lipinski definition) is 2. The van der Waals surface area contributed by atoms with Crippen LogP contribution in [0, 0.1) is 0 Å². The van der Waals surface area contributed by atoms with Crippen LogP contribution >= 0.6 is 11.8 Å². The fraction of sp³-hybridized carbons (Fsp3) is 0.235. The number of hydrogen-bond donors (Lipinski definition) is 0. The second kappa shape index (κ2) is 5.62. The van der Waals surface area contributed by atoms with Gasteiger partial charge in [0.1, 0.15) is 0 Å². The molecule has 0 radical (unpaired) electrons. The van der Waals surface area contributed by atoms with Crippen molar-refractivity contribution in [3.05, 3.63) is 63.4 Å². The molecule has 0 aromatic heterocycles. The fourth-order valence-corrected chi connectivity index (χ4v) is 3.44. The monoisotopic (exact) mass is 268 g/mol. The fourth-order valence-electron chi connectivity index (χ4n) is 2.56. The third kappa shape index (κ3) is 2.74. The Morgan fingerprint density at radius 3 is 2.68 bits per heavy atom. The first kappa shape index (κ1) is 12.5. The Bertz CT molecular complexity index is 569. The number of allylic oxidation sites excluding steroid dienone is 4. The van der Waals surface area contributed by atoms with Gasteiger partial charge in [-0.2, -0.15) is 0 Å². The van der Waals surface area contributed by atoms with Gasteiger partial charge < -0.3 is 0 Å². The molecular formula is C17H16OS. The molecule has 1 heterocycles. The van der Waals surface area contributed by atoms with Crippen LogP contribution in [0.15, 0.2) is 57.9 Å². The Hall–Kier alpha value is -1.54. The van der Waals surface area contributed by atoms with E-state index in [0.29, 0.717) is 0 Å². The lowest BCUT2D eigenvalue weighted by molar-refractivity contribution is -0.112. The van der Waals surface area contributed by atoms with Gasteiger partial charge in [-0.15, -0.1) is 11.8 Å². The Balaban J connectivity index is 1.89. The Kier molecular flexibility index (Phi) is 3.69. The summed E-state index contributed by atoms with van der Waals surface area (Å²) in [7, 11) is 0. The molecule has 19 heavy (non-hydrogen) atoms. The minimum Gasteiger partial charge on any atom is -0.289 e. The molecule has 0 atom stereocenters. The van der Waals surface area contributed by atoms with Crippen LogP contribution in [0.4, 0.5) is 0 Å². The van der Waals surface area contributed by atoms with Crippen LogP contribution < -0.4 is 0 Å². The number of ketones is 1. The van der Waals surface area contributed by atoms with Gasteiger partial charge in [0.15, 0.2) is 5.78 Å². The molecule has 1 nitrogen and oxygen atoms in total. The summed E-state index contributed by atoms with van der Waals surface area (Å²) in [6.07, 6.45) is 8.05. The lowest BCUT2D eigenvalue weighted by Crippen LogP contribution is -2.13. The molecule has 0 amide bonds. The van der Waals surface area contributed by atoms with Crippen LogP contribution in [0.25, 0.3) is 6.08 Å². The summed E-state index contributed by atoms with van der Waals surface area (Å²) in [6, 6.07) is 10.1. The first-order valence-electron chi connectivity index (χ1n) is 6.68. The topological polar surface area (TPSA) is 17.1 Å². The van der Waals surface area contributed by atoms with Gasteiger partial charge in [-0.25, -0.2) is 0 Å². The predicted molar refractivity (Wildman–Crippen MR) is 81.7 cm³/mol. The zero-order valence-electron chi connectivity index (χ0n) is 10.8. The molecule has 2 aliphatic rings. The second-order valence-electron chi connectivity index (χ2n) is 4.86. The van der Waals surface area contributed by atoms with Crippen LogP contribution in [0.2, 0.25) is 0 Å². The van der Waals surface area contributed by atoms with Crippen molar-refractivity contribution in [2.24, 2.45) is 0 Å². The van der Waals surface area contributed by atoms with E-state index in [2.05, 4.69) is 17.6 Å². The molecule has 3 rings (SSSR count). The van der Waals surface area contributed by atoms with Crippen LogP contribution in [0.3, 0.4) is 0 Å². The normalized spacial score (nSPS) is 25.3. The number of benzene rings is 1. The highest BCUT2D eigenvalue weighted by Gasteiger charge is 2.24. The molecule has 0 saturated heterocycles. The summed E-state index contributed by atoms with van der Waals surface area (Å²) in [4.78, 5) is 13.8. The van der Waals surface area contributed by atoms with Gasteiger partial charge in [-0.05, 0) is 42.7 Å². The van der Waals surface area contributed by atoms with Gasteiger partial charge in [-0.3, -0.25) is 4.79 Å². The molecule has 1 aromatic carbocycles. The number of thioether (sulfide) groups is 1. The van der Waals surface area contributed by atoms with E-state index in [4.69, 9.17) is 0 Å². The van der Waals surface area contributed by atoms with Crippen molar-refractivity contribution in [2.75, 3.05) is 0 Å². The lowest BCUT2D eigenvalue weighted by atomic mass is 9.87. The number of rotatable bonds is 1. The van der Waals surface area contributed by atoms with Crippen molar-refractivity contribution in [1.82, 2.24) is 0 Å². The molecule has 96 valence electrons. The first-order chi connectivity index (χ1) is 9.34. The van der Waals surface area contributed by atoms with Crippen LogP contribution in [0.1, 0.15) is 31.2 Å². The largest absolute Gasteiger partial charge is 0.289 e. The summed E-state index contributed by atoms with van der Waals surface area (Å²) in [5.74, 6) is 0.265. The third-order valence-corrected chi connectivity index (χ3v) is 4.55. The standard InChI is InChI=1S/C17H16OS/c18-17-14(12-13-6-2-1-3-7-13)8-4-9-15(17)16-10-5-11-19-16/h1-3,5-7,11-12H,4,8-10H2/b14-12+,16-15-. The highest BCUT2D eigenvalue weighted by Crippen LogP contribution is 2.37. The van der Waals surface area contributed by atoms with E-state index < -0.39 is 0 Å². The van der Waals surface area contributed by atoms with E-state index in [1.807, 2.05) is 30.3 Å². The molecule has 2 heteroatoms. The Morgan fingerprint density at radius 2 is 1.95 bits per heavy atom. The maximum absolute atomic E-state index is 12.5. The molecule has 0 unspecified atom stereocenters. The molecule has 1 aromatic rings. The zero-order valence-corrected chi connectivity index (χ0v) is 11.6. The molecule has 0 N–H and O–H groups in total. The highest BCUT2D eigenvalue weighted by molar-refractivity contribution is 8.06. The number of carbonyl (C=O) groups is 1. The van der Waals surface area contributed by atoms with E-state index >= 15 is 0 Å². The van der Waals surface area contributed by atoms with Gasteiger partial charge in [0.25, 0.3) is 0 Å². The van der Waals surface area contributed by atoms with Crippen molar-refractivity contribution >= 4 is 23.6 Å². The van der Waals surface area contributed by atoms with Crippen LogP contribution in [-0.2, 0) is 4.79 Å². The molecule has 1 aliphatic heterocycles.